The highest BCUT2D eigenvalue weighted by molar-refractivity contribution is 7.15. The van der Waals surface area contributed by atoms with Gasteiger partial charge in [-0.05, 0) is 13.8 Å². The lowest BCUT2D eigenvalue weighted by Crippen LogP contribution is -2.54. The highest BCUT2D eigenvalue weighted by Crippen LogP contribution is 2.22. The predicted molar refractivity (Wildman–Crippen MR) is 67.1 cm³/mol. The minimum absolute atomic E-state index is 0.267. The summed E-state index contributed by atoms with van der Waals surface area (Å²) in [4.78, 5) is 15.2. The third-order valence-corrected chi connectivity index (χ3v) is 3.81. The first kappa shape index (κ1) is 12.3. The van der Waals surface area contributed by atoms with E-state index >= 15 is 0 Å². The molecule has 1 fully saturated rings. The second kappa shape index (κ2) is 4.97. The molecule has 0 radical (unpaired) electrons. The van der Waals surface area contributed by atoms with Crippen LogP contribution in [0.3, 0.4) is 0 Å². The Hall–Kier alpha value is -1.21. The van der Waals surface area contributed by atoms with E-state index in [2.05, 4.69) is 26.9 Å². The van der Waals surface area contributed by atoms with E-state index < -0.39 is 0 Å². The molecule has 1 atom stereocenters. The number of aryl methyl sites for hydroxylation is 1. The molecule has 6 nitrogen and oxygen atoms in total. The van der Waals surface area contributed by atoms with E-state index in [4.69, 9.17) is 5.73 Å². The molecule has 94 valence electrons. The molecule has 17 heavy (non-hydrogen) atoms. The molecule has 0 bridgehead atoms. The van der Waals surface area contributed by atoms with Crippen LogP contribution in [0.4, 0.5) is 5.13 Å². The Morgan fingerprint density at radius 3 is 2.82 bits per heavy atom. The van der Waals surface area contributed by atoms with Crippen molar-refractivity contribution in [3.63, 3.8) is 0 Å². The Balaban J connectivity index is 1.97. The molecule has 0 aliphatic carbocycles. The maximum Gasteiger partial charge on any atom is 0.231 e. The van der Waals surface area contributed by atoms with Crippen LogP contribution in [0.15, 0.2) is 0 Å². The molecule has 0 aromatic carbocycles. The van der Waals surface area contributed by atoms with Gasteiger partial charge in [-0.25, -0.2) is 0 Å². The summed E-state index contributed by atoms with van der Waals surface area (Å²) < 4.78 is 0. The summed E-state index contributed by atoms with van der Waals surface area (Å²) in [7, 11) is 0. The second-order valence-corrected chi connectivity index (χ2v) is 5.50. The predicted octanol–water partition coefficient (Wildman–Crippen LogP) is -0.158. The summed E-state index contributed by atoms with van der Waals surface area (Å²) in [5.41, 5.74) is 5.22. The molecule has 0 spiro atoms. The zero-order chi connectivity index (χ0) is 12.4. The van der Waals surface area contributed by atoms with Gasteiger partial charge in [-0.2, -0.15) is 0 Å². The molecule has 1 unspecified atom stereocenters. The van der Waals surface area contributed by atoms with Crippen molar-refractivity contribution >= 4 is 22.4 Å². The zero-order valence-corrected chi connectivity index (χ0v) is 10.9. The van der Waals surface area contributed by atoms with Gasteiger partial charge in [-0.15, -0.1) is 10.2 Å². The van der Waals surface area contributed by atoms with E-state index in [9.17, 15) is 4.79 Å². The highest BCUT2D eigenvalue weighted by Gasteiger charge is 2.26. The van der Waals surface area contributed by atoms with Crippen molar-refractivity contribution < 1.29 is 4.79 Å². The lowest BCUT2D eigenvalue weighted by Gasteiger charge is -2.38. The Labute approximate surface area is 104 Å². The Morgan fingerprint density at radius 1 is 1.53 bits per heavy atom. The van der Waals surface area contributed by atoms with Gasteiger partial charge in [-0.1, -0.05) is 11.3 Å². The number of anilines is 1. The molecule has 1 saturated heterocycles. The number of piperazine rings is 1. The minimum Gasteiger partial charge on any atom is -0.369 e. The molecular weight excluding hydrogens is 238 g/mol. The van der Waals surface area contributed by atoms with Gasteiger partial charge < -0.3 is 10.6 Å². The number of nitrogens with zero attached hydrogens (tertiary/aromatic N) is 4. The van der Waals surface area contributed by atoms with Gasteiger partial charge in [0.25, 0.3) is 0 Å². The molecule has 1 amide bonds. The van der Waals surface area contributed by atoms with Crippen molar-refractivity contribution in [2.75, 3.05) is 31.1 Å². The van der Waals surface area contributed by atoms with E-state index in [1.54, 1.807) is 11.3 Å². The number of aromatic nitrogens is 2. The highest BCUT2D eigenvalue weighted by atomic mass is 32.1. The van der Waals surface area contributed by atoms with Crippen molar-refractivity contribution in [2.45, 2.75) is 19.9 Å². The number of rotatable bonds is 3. The largest absolute Gasteiger partial charge is 0.369 e. The number of primary amides is 1. The number of nitrogens with two attached hydrogens (primary N) is 1. The first-order valence-corrected chi connectivity index (χ1v) is 6.45. The van der Waals surface area contributed by atoms with E-state index in [0.717, 1.165) is 29.8 Å². The molecular formula is C10H17N5OS. The molecule has 2 rings (SSSR count). The van der Waals surface area contributed by atoms with Crippen molar-refractivity contribution in [1.82, 2.24) is 15.1 Å². The van der Waals surface area contributed by atoms with Crippen LogP contribution in [-0.4, -0.2) is 53.2 Å². The standard InChI is InChI=1S/C10H17N5OS/c1-7-5-15(10-13-12-8(2)17-10)4-3-14(7)6-9(11)16/h7H,3-6H2,1-2H3,(H2,11,16). The van der Waals surface area contributed by atoms with E-state index in [1.807, 2.05) is 6.92 Å². The lowest BCUT2D eigenvalue weighted by molar-refractivity contribution is -0.119. The fraction of sp³-hybridized carbons (Fsp3) is 0.700. The summed E-state index contributed by atoms with van der Waals surface area (Å²) in [6, 6.07) is 0.306. The van der Waals surface area contributed by atoms with Crippen molar-refractivity contribution in [2.24, 2.45) is 5.73 Å². The Morgan fingerprint density at radius 2 is 2.29 bits per heavy atom. The molecule has 1 aliphatic heterocycles. The number of hydrogen-bond acceptors (Lipinski definition) is 6. The fourth-order valence-corrected chi connectivity index (χ4v) is 2.74. The van der Waals surface area contributed by atoms with Gasteiger partial charge in [0.05, 0.1) is 6.54 Å². The normalized spacial score (nSPS) is 21.8. The quantitative estimate of drug-likeness (QED) is 0.812. The smallest absolute Gasteiger partial charge is 0.231 e. The van der Waals surface area contributed by atoms with Crippen molar-refractivity contribution in [3.05, 3.63) is 5.01 Å². The van der Waals surface area contributed by atoms with E-state index in [0.29, 0.717) is 12.6 Å². The molecule has 7 heteroatoms. The molecule has 1 aliphatic rings. The first-order chi connectivity index (χ1) is 8.06. The van der Waals surface area contributed by atoms with Crippen LogP contribution in [-0.2, 0) is 4.79 Å². The number of carbonyl (C=O) groups excluding carboxylic acids is 1. The van der Waals surface area contributed by atoms with Gasteiger partial charge in [0.15, 0.2) is 0 Å². The number of hydrogen-bond donors (Lipinski definition) is 1. The molecule has 2 N–H and O–H groups in total. The third-order valence-electron chi connectivity index (χ3n) is 2.91. The summed E-state index contributed by atoms with van der Waals surface area (Å²) in [5.74, 6) is -0.267. The van der Waals surface area contributed by atoms with Crippen LogP contribution in [0.5, 0.6) is 0 Å². The topological polar surface area (TPSA) is 75.3 Å². The molecule has 1 aromatic rings. The van der Waals surface area contributed by atoms with E-state index in [1.165, 1.54) is 0 Å². The van der Waals surface area contributed by atoms with Gasteiger partial charge in [-0.3, -0.25) is 9.69 Å². The monoisotopic (exact) mass is 255 g/mol. The Kier molecular flexibility index (Phi) is 3.58. The molecule has 2 heterocycles. The molecule has 1 aromatic heterocycles. The van der Waals surface area contributed by atoms with Crippen LogP contribution in [0.2, 0.25) is 0 Å². The van der Waals surface area contributed by atoms with Crippen LogP contribution < -0.4 is 10.6 Å². The van der Waals surface area contributed by atoms with Crippen LogP contribution in [0.1, 0.15) is 11.9 Å². The number of amides is 1. The lowest BCUT2D eigenvalue weighted by atomic mass is 10.2. The zero-order valence-electron chi connectivity index (χ0n) is 10.1. The van der Waals surface area contributed by atoms with Gasteiger partial charge in [0, 0.05) is 25.7 Å². The van der Waals surface area contributed by atoms with Crippen LogP contribution in [0.25, 0.3) is 0 Å². The maximum atomic E-state index is 10.9. The Bertz CT molecular complexity index is 407. The summed E-state index contributed by atoms with van der Waals surface area (Å²) >= 11 is 1.60. The first-order valence-electron chi connectivity index (χ1n) is 5.63. The maximum absolute atomic E-state index is 10.9. The third kappa shape index (κ3) is 2.92. The van der Waals surface area contributed by atoms with Crippen LogP contribution in [0, 0.1) is 6.92 Å². The van der Waals surface area contributed by atoms with Gasteiger partial charge in [0.2, 0.25) is 11.0 Å². The minimum atomic E-state index is -0.267. The fourth-order valence-electron chi connectivity index (χ4n) is 2.02. The van der Waals surface area contributed by atoms with Crippen molar-refractivity contribution in [3.8, 4) is 0 Å². The SMILES string of the molecule is Cc1nnc(N2CCN(CC(N)=O)C(C)C2)s1. The average Bonchev–Trinajstić information content (AvgIpc) is 2.67. The average molecular weight is 255 g/mol. The summed E-state index contributed by atoms with van der Waals surface area (Å²) in [5, 5.41) is 10.1. The van der Waals surface area contributed by atoms with E-state index in [-0.39, 0.29) is 5.91 Å². The molecule has 0 saturated carbocycles. The summed E-state index contributed by atoms with van der Waals surface area (Å²) in [6.45, 7) is 6.96. The second-order valence-electron chi connectivity index (χ2n) is 4.34. The number of carbonyl (C=O) groups is 1. The van der Waals surface area contributed by atoms with Gasteiger partial charge >= 0.3 is 0 Å². The summed E-state index contributed by atoms with van der Waals surface area (Å²) in [6.07, 6.45) is 0. The van der Waals surface area contributed by atoms with Gasteiger partial charge in [0.1, 0.15) is 5.01 Å². The van der Waals surface area contributed by atoms with Crippen molar-refractivity contribution in [1.29, 1.82) is 0 Å². The van der Waals surface area contributed by atoms with Crippen LogP contribution >= 0.6 is 11.3 Å².